The van der Waals surface area contributed by atoms with Gasteiger partial charge in [-0.1, -0.05) is 39.5 Å². The molecule has 0 N–H and O–H groups in total. The van der Waals surface area contributed by atoms with Gasteiger partial charge in [0, 0.05) is 27.9 Å². The van der Waals surface area contributed by atoms with E-state index in [0.717, 1.165) is 42.6 Å². The van der Waals surface area contributed by atoms with E-state index in [1.807, 2.05) is 11.3 Å². The third-order valence-electron chi connectivity index (χ3n) is 8.61. The first-order valence-corrected chi connectivity index (χ1v) is 13.2. The monoisotopic (exact) mass is 421 g/mol. The molecule has 2 aromatic heterocycles. The van der Waals surface area contributed by atoms with Crippen molar-refractivity contribution in [3.05, 3.63) is 39.1 Å². The van der Waals surface area contributed by atoms with Crippen molar-refractivity contribution >= 4 is 16.9 Å². The number of imidazole rings is 1. The number of aromatic nitrogens is 2. The molecule has 0 spiro atoms. The van der Waals surface area contributed by atoms with Gasteiger partial charge in [0.05, 0.1) is 6.33 Å². The minimum atomic E-state index is 0.575. The summed E-state index contributed by atoms with van der Waals surface area (Å²) in [4.78, 5) is 13.0. The average Bonchev–Trinajstić information content (AvgIpc) is 3.13. The lowest BCUT2D eigenvalue weighted by molar-refractivity contribution is 0.276. The molecule has 4 aliphatic rings. The summed E-state index contributed by atoms with van der Waals surface area (Å²) in [5.41, 5.74) is 2.61. The summed E-state index contributed by atoms with van der Waals surface area (Å²) in [6.07, 6.45) is 14.4. The second-order valence-electron chi connectivity index (χ2n) is 10.6. The molecule has 4 atom stereocenters. The summed E-state index contributed by atoms with van der Waals surface area (Å²) in [6.45, 7) is 5.88. The van der Waals surface area contributed by atoms with Gasteiger partial charge < -0.3 is 4.57 Å². The SMILES string of the molecule is CC1CC(n2cnc3c2=NCCC=3c2ccc(CC3CCCC3)s2)[C@@H](C)C1C1CC1. The molecule has 0 amide bonds. The highest BCUT2D eigenvalue weighted by Gasteiger charge is 2.46. The van der Waals surface area contributed by atoms with Gasteiger partial charge in [-0.25, -0.2) is 4.98 Å². The van der Waals surface area contributed by atoms with Crippen molar-refractivity contribution in [2.24, 2.45) is 34.6 Å². The van der Waals surface area contributed by atoms with Crippen LogP contribution in [0.3, 0.4) is 0 Å². The van der Waals surface area contributed by atoms with Crippen molar-refractivity contribution in [1.29, 1.82) is 0 Å². The van der Waals surface area contributed by atoms with Gasteiger partial charge in [-0.15, -0.1) is 11.3 Å². The Morgan fingerprint density at radius 1 is 1.10 bits per heavy atom. The Labute approximate surface area is 184 Å². The van der Waals surface area contributed by atoms with Crippen LogP contribution in [-0.4, -0.2) is 16.1 Å². The smallest absolute Gasteiger partial charge is 0.155 e. The third-order valence-corrected chi connectivity index (χ3v) is 9.78. The molecule has 3 nitrogen and oxygen atoms in total. The van der Waals surface area contributed by atoms with Crippen molar-refractivity contribution in [2.75, 3.05) is 6.54 Å². The maximum Gasteiger partial charge on any atom is 0.155 e. The second kappa shape index (κ2) is 7.62. The van der Waals surface area contributed by atoms with Crippen LogP contribution in [0, 0.1) is 29.6 Å². The summed E-state index contributed by atoms with van der Waals surface area (Å²) in [5, 5.41) is 1.17. The number of hydrogen-bond acceptors (Lipinski definition) is 3. The van der Waals surface area contributed by atoms with Crippen molar-refractivity contribution in [3.63, 3.8) is 0 Å². The highest BCUT2D eigenvalue weighted by atomic mass is 32.1. The van der Waals surface area contributed by atoms with Crippen LogP contribution in [0.2, 0.25) is 0 Å². The van der Waals surface area contributed by atoms with Crippen LogP contribution in [-0.2, 0) is 6.42 Å². The van der Waals surface area contributed by atoms with Crippen molar-refractivity contribution < 1.29 is 0 Å². The zero-order chi connectivity index (χ0) is 20.2. The topological polar surface area (TPSA) is 30.2 Å². The lowest BCUT2D eigenvalue weighted by Crippen LogP contribution is -2.38. The van der Waals surface area contributed by atoms with Gasteiger partial charge in [0.25, 0.3) is 0 Å². The number of rotatable bonds is 5. The van der Waals surface area contributed by atoms with E-state index in [0.29, 0.717) is 6.04 Å². The van der Waals surface area contributed by atoms with Gasteiger partial charge in [0.2, 0.25) is 0 Å². The maximum absolute atomic E-state index is 4.99. The molecule has 0 radical (unpaired) electrons. The Hall–Kier alpha value is -1.42. The number of hydrogen-bond donors (Lipinski definition) is 0. The Morgan fingerprint density at radius 2 is 1.93 bits per heavy atom. The molecule has 3 aliphatic carbocycles. The summed E-state index contributed by atoms with van der Waals surface area (Å²) in [7, 11) is 0. The van der Waals surface area contributed by atoms with E-state index in [9.17, 15) is 0 Å². The van der Waals surface area contributed by atoms with Crippen molar-refractivity contribution in [3.8, 4) is 0 Å². The molecule has 30 heavy (non-hydrogen) atoms. The molecule has 3 fully saturated rings. The first-order chi connectivity index (χ1) is 14.7. The van der Waals surface area contributed by atoms with Gasteiger partial charge in [0.1, 0.15) is 5.35 Å². The van der Waals surface area contributed by atoms with Crippen molar-refractivity contribution in [1.82, 2.24) is 9.55 Å². The summed E-state index contributed by atoms with van der Waals surface area (Å²) < 4.78 is 2.46. The van der Waals surface area contributed by atoms with E-state index in [1.165, 1.54) is 72.7 Å². The van der Waals surface area contributed by atoms with Crippen LogP contribution < -0.4 is 10.8 Å². The quantitative estimate of drug-likeness (QED) is 0.657. The van der Waals surface area contributed by atoms with E-state index in [-0.39, 0.29) is 0 Å². The Kier molecular flexibility index (Phi) is 4.89. The predicted octanol–water partition coefficient (Wildman–Crippen LogP) is 5.14. The number of thiophene rings is 1. The van der Waals surface area contributed by atoms with E-state index in [1.54, 1.807) is 4.88 Å². The minimum Gasteiger partial charge on any atom is -0.312 e. The molecule has 6 rings (SSSR count). The molecular weight excluding hydrogens is 386 g/mol. The van der Waals surface area contributed by atoms with Gasteiger partial charge in [0.15, 0.2) is 5.49 Å². The van der Waals surface area contributed by atoms with Crippen LogP contribution >= 0.6 is 11.3 Å². The molecule has 3 saturated carbocycles. The second-order valence-corrected chi connectivity index (χ2v) is 11.8. The van der Waals surface area contributed by atoms with Gasteiger partial charge >= 0.3 is 0 Å². The molecule has 0 aromatic carbocycles. The zero-order valence-corrected chi connectivity index (χ0v) is 19.3. The van der Waals surface area contributed by atoms with E-state index in [4.69, 9.17) is 9.98 Å². The summed E-state index contributed by atoms with van der Waals surface area (Å²) in [6, 6.07) is 5.32. The fraction of sp³-hybridized carbons (Fsp3) is 0.692. The third kappa shape index (κ3) is 3.30. The minimum absolute atomic E-state index is 0.575. The first-order valence-electron chi connectivity index (χ1n) is 12.4. The van der Waals surface area contributed by atoms with Gasteiger partial charge in [-0.2, -0.15) is 0 Å². The highest BCUT2D eigenvalue weighted by Crippen LogP contribution is 2.54. The molecule has 0 bridgehead atoms. The summed E-state index contributed by atoms with van der Waals surface area (Å²) in [5.74, 6) is 4.38. The average molecular weight is 422 g/mol. The van der Waals surface area contributed by atoms with Gasteiger partial charge in [-0.05, 0) is 73.8 Å². The number of fused-ring (bicyclic) bond motifs is 1. The molecule has 2 aromatic rings. The Morgan fingerprint density at radius 3 is 2.73 bits per heavy atom. The molecule has 4 heteroatoms. The van der Waals surface area contributed by atoms with Gasteiger partial charge in [-0.3, -0.25) is 4.99 Å². The van der Waals surface area contributed by atoms with E-state index < -0.39 is 0 Å². The van der Waals surface area contributed by atoms with Crippen LogP contribution in [0.1, 0.15) is 81.0 Å². The van der Waals surface area contributed by atoms with Crippen LogP contribution in [0.5, 0.6) is 0 Å². The first kappa shape index (κ1) is 19.3. The predicted molar refractivity (Wildman–Crippen MR) is 123 cm³/mol. The van der Waals surface area contributed by atoms with Crippen LogP contribution in [0.4, 0.5) is 0 Å². The molecule has 3 unspecified atom stereocenters. The lowest BCUT2D eigenvalue weighted by atomic mass is 9.86. The highest BCUT2D eigenvalue weighted by molar-refractivity contribution is 7.13. The van der Waals surface area contributed by atoms with E-state index >= 15 is 0 Å². The fourth-order valence-corrected chi connectivity index (χ4v) is 8.21. The fourth-order valence-electron chi connectivity index (χ4n) is 7.02. The maximum atomic E-state index is 4.99. The normalized spacial score (nSPS) is 31.9. The summed E-state index contributed by atoms with van der Waals surface area (Å²) >= 11 is 2.02. The van der Waals surface area contributed by atoms with Crippen LogP contribution in [0.15, 0.2) is 23.5 Å². The number of nitrogens with zero attached hydrogens (tertiary/aromatic N) is 3. The Bertz CT molecular complexity index is 1040. The lowest BCUT2D eigenvalue weighted by Gasteiger charge is -2.23. The molecule has 160 valence electrons. The zero-order valence-electron chi connectivity index (χ0n) is 18.5. The molecule has 1 aliphatic heterocycles. The van der Waals surface area contributed by atoms with Crippen LogP contribution in [0.25, 0.3) is 5.57 Å². The molecular formula is C26H35N3S. The Balaban J connectivity index is 1.32. The molecule has 0 saturated heterocycles. The van der Waals surface area contributed by atoms with Crippen molar-refractivity contribution in [2.45, 2.75) is 77.7 Å². The standard InChI is InChI=1S/C26H35N3S/c1-16-13-22(17(2)24(16)19-7-8-19)29-15-28-25-21(11-12-27-26(25)29)23-10-9-20(30-23)14-18-5-3-4-6-18/h9-10,15-19,22,24H,3-8,11-14H2,1-2H3/t16?,17-,22?,24?/m1/s1. The van der Waals surface area contributed by atoms with E-state index in [2.05, 4.69) is 36.9 Å². The molecule has 3 heterocycles. The largest absolute Gasteiger partial charge is 0.312 e.